The Morgan fingerprint density at radius 2 is 2.21 bits per heavy atom. The van der Waals surface area contributed by atoms with E-state index in [1.54, 1.807) is 11.1 Å². The van der Waals surface area contributed by atoms with E-state index >= 15 is 0 Å². The van der Waals surface area contributed by atoms with Gasteiger partial charge in [-0.05, 0) is 31.9 Å². The van der Waals surface area contributed by atoms with Crippen LogP contribution in [0, 0.1) is 5.92 Å². The summed E-state index contributed by atoms with van der Waals surface area (Å²) in [7, 11) is 2.18. The van der Waals surface area contributed by atoms with Crippen molar-refractivity contribution in [3.05, 3.63) is 11.1 Å². The first-order chi connectivity index (χ1) is 6.65. The van der Waals surface area contributed by atoms with Crippen LogP contribution in [0.5, 0.6) is 0 Å². The summed E-state index contributed by atoms with van der Waals surface area (Å²) in [5.74, 6) is 0.387. The summed E-state index contributed by atoms with van der Waals surface area (Å²) >= 11 is 0. The highest BCUT2D eigenvalue weighted by molar-refractivity contribution is 5.30. The average molecular weight is 195 g/mol. The highest BCUT2D eigenvalue weighted by Crippen LogP contribution is 2.40. The van der Waals surface area contributed by atoms with Crippen LogP contribution in [-0.4, -0.2) is 35.7 Å². The van der Waals surface area contributed by atoms with Crippen LogP contribution in [0.2, 0.25) is 0 Å². The van der Waals surface area contributed by atoms with Crippen molar-refractivity contribution >= 4 is 0 Å². The number of fused-ring (bicyclic) bond motifs is 1. The van der Waals surface area contributed by atoms with Crippen molar-refractivity contribution in [3.8, 4) is 0 Å². The van der Waals surface area contributed by atoms with E-state index in [1.165, 1.54) is 6.42 Å². The molecule has 2 nitrogen and oxygen atoms in total. The first-order valence-electron chi connectivity index (χ1n) is 5.75. The van der Waals surface area contributed by atoms with Crippen LogP contribution in [-0.2, 0) is 0 Å². The predicted octanol–water partition coefficient (Wildman–Crippen LogP) is 1.80. The fourth-order valence-corrected chi connectivity index (χ4v) is 3.04. The number of nitrogens with zero attached hydrogens (tertiary/aromatic N) is 1. The molecule has 0 spiro atoms. The standard InChI is InChI=1S/C12H21NO/c1-4-9-5-6-13(3)10-7-11(14)8(2)12(9)10/h8,10-11,14H,4-7H2,1-3H3. The van der Waals surface area contributed by atoms with Gasteiger partial charge in [-0.2, -0.15) is 0 Å². The van der Waals surface area contributed by atoms with Crippen LogP contribution in [0.3, 0.4) is 0 Å². The highest BCUT2D eigenvalue weighted by atomic mass is 16.3. The molecular weight excluding hydrogens is 174 g/mol. The Morgan fingerprint density at radius 1 is 1.50 bits per heavy atom. The molecule has 0 bridgehead atoms. The summed E-state index contributed by atoms with van der Waals surface area (Å²) in [5.41, 5.74) is 3.16. The van der Waals surface area contributed by atoms with Crippen molar-refractivity contribution in [1.82, 2.24) is 4.90 Å². The summed E-state index contributed by atoms with van der Waals surface area (Å²) in [4.78, 5) is 2.40. The van der Waals surface area contributed by atoms with Gasteiger partial charge in [0.1, 0.15) is 0 Å². The molecule has 14 heavy (non-hydrogen) atoms. The quantitative estimate of drug-likeness (QED) is 0.645. The van der Waals surface area contributed by atoms with E-state index in [1.807, 2.05) is 0 Å². The minimum atomic E-state index is -0.114. The van der Waals surface area contributed by atoms with Crippen LogP contribution >= 0.6 is 0 Å². The monoisotopic (exact) mass is 195 g/mol. The maximum atomic E-state index is 9.90. The molecule has 1 aliphatic carbocycles. The minimum absolute atomic E-state index is 0.114. The van der Waals surface area contributed by atoms with Gasteiger partial charge in [0.2, 0.25) is 0 Å². The third kappa shape index (κ3) is 1.41. The molecule has 1 aliphatic heterocycles. The van der Waals surface area contributed by atoms with Gasteiger partial charge < -0.3 is 5.11 Å². The third-order valence-electron chi connectivity index (χ3n) is 4.02. The zero-order valence-corrected chi connectivity index (χ0v) is 9.45. The molecule has 2 heteroatoms. The van der Waals surface area contributed by atoms with Crippen LogP contribution in [0.1, 0.15) is 33.1 Å². The van der Waals surface area contributed by atoms with E-state index in [0.29, 0.717) is 12.0 Å². The molecular formula is C12H21NO. The van der Waals surface area contributed by atoms with Gasteiger partial charge in [-0.3, -0.25) is 4.90 Å². The second-order valence-electron chi connectivity index (χ2n) is 4.75. The second-order valence-corrected chi connectivity index (χ2v) is 4.75. The molecule has 0 aromatic carbocycles. The van der Waals surface area contributed by atoms with Crippen LogP contribution < -0.4 is 0 Å². The molecule has 1 heterocycles. The van der Waals surface area contributed by atoms with Gasteiger partial charge in [-0.15, -0.1) is 0 Å². The first kappa shape index (κ1) is 10.2. The van der Waals surface area contributed by atoms with Crippen molar-refractivity contribution < 1.29 is 5.11 Å². The van der Waals surface area contributed by atoms with Gasteiger partial charge in [0, 0.05) is 18.5 Å². The summed E-state index contributed by atoms with van der Waals surface area (Å²) < 4.78 is 0. The summed E-state index contributed by atoms with van der Waals surface area (Å²) in [6.45, 7) is 5.58. The normalized spacial score (nSPS) is 39.0. The van der Waals surface area contributed by atoms with Gasteiger partial charge >= 0.3 is 0 Å². The second kappa shape index (κ2) is 3.67. The van der Waals surface area contributed by atoms with E-state index in [0.717, 1.165) is 19.4 Å². The van der Waals surface area contributed by atoms with E-state index in [-0.39, 0.29) is 6.10 Å². The fraction of sp³-hybridized carbons (Fsp3) is 0.833. The lowest BCUT2D eigenvalue weighted by molar-refractivity contribution is 0.137. The molecule has 80 valence electrons. The molecule has 0 saturated heterocycles. The van der Waals surface area contributed by atoms with Crippen LogP contribution in [0.4, 0.5) is 0 Å². The van der Waals surface area contributed by atoms with E-state index in [4.69, 9.17) is 0 Å². The molecule has 1 saturated carbocycles. The molecule has 0 aromatic rings. The zero-order valence-electron chi connectivity index (χ0n) is 9.45. The van der Waals surface area contributed by atoms with Gasteiger partial charge in [0.05, 0.1) is 6.10 Å². The van der Waals surface area contributed by atoms with Gasteiger partial charge in [0.25, 0.3) is 0 Å². The lowest BCUT2D eigenvalue weighted by Crippen LogP contribution is -2.36. The van der Waals surface area contributed by atoms with Crippen molar-refractivity contribution in [2.75, 3.05) is 13.6 Å². The average Bonchev–Trinajstić information content (AvgIpc) is 2.47. The Kier molecular flexibility index (Phi) is 2.67. The SMILES string of the molecule is CCC1=C2C(C)C(O)CC2N(C)CC1. The largest absolute Gasteiger partial charge is 0.392 e. The van der Waals surface area contributed by atoms with Crippen LogP contribution in [0.25, 0.3) is 0 Å². The molecule has 3 unspecified atom stereocenters. The molecule has 1 N–H and O–H groups in total. The number of aliphatic hydroxyl groups excluding tert-OH is 1. The van der Waals surface area contributed by atoms with Crippen molar-refractivity contribution in [3.63, 3.8) is 0 Å². The number of likely N-dealkylation sites (N-methyl/N-ethyl adjacent to an activating group) is 1. The molecule has 2 aliphatic rings. The Hall–Kier alpha value is -0.340. The minimum Gasteiger partial charge on any atom is -0.392 e. The van der Waals surface area contributed by atoms with Crippen molar-refractivity contribution in [2.24, 2.45) is 5.92 Å². The summed E-state index contributed by atoms with van der Waals surface area (Å²) in [6, 6.07) is 0.531. The molecule has 0 aromatic heterocycles. The smallest absolute Gasteiger partial charge is 0.0621 e. The number of aliphatic hydroxyl groups is 1. The predicted molar refractivity (Wildman–Crippen MR) is 58.1 cm³/mol. The topological polar surface area (TPSA) is 23.5 Å². The number of rotatable bonds is 1. The lowest BCUT2D eigenvalue weighted by atomic mass is 9.89. The molecule has 0 radical (unpaired) electrons. The van der Waals surface area contributed by atoms with E-state index in [9.17, 15) is 5.11 Å². The number of hydrogen-bond acceptors (Lipinski definition) is 2. The van der Waals surface area contributed by atoms with E-state index in [2.05, 4.69) is 25.8 Å². The summed E-state index contributed by atoms with van der Waals surface area (Å²) in [6.07, 6.45) is 3.19. The first-order valence-corrected chi connectivity index (χ1v) is 5.75. The van der Waals surface area contributed by atoms with Gasteiger partial charge in [0.15, 0.2) is 0 Å². The van der Waals surface area contributed by atoms with Gasteiger partial charge in [-0.1, -0.05) is 19.4 Å². The highest BCUT2D eigenvalue weighted by Gasteiger charge is 2.40. The molecule has 3 atom stereocenters. The maximum absolute atomic E-state index is 9.90. The Balaban J connectivity index is 2.34. The Labute approximate surface area is 86.6 Å². The Bertz CT molecular complexity index is 259. The molecule has 2 rings (SSSR count). The van der Waals surface area contributed by atoms with Crippen molar-refractivity contribution in [2.45, 2.75) is 45.3 Å². The summed E-state index contributed by atoms with van der Waals surface area (Å²) in [5, 5.41) is 9.90. The maximum Gasteiger partial charge on any atom is 0.0621 e. The fourth-order valence-electron chi connectivity index (χ4n) is 3.04. The third-order valence-corrected chi connectivity index (χ3v) is 4.02. The zero-order chi connectivity index (χ0) is 10.3. The molecule has 0 amide bonds. The van der Waals surface area contributed by atoms with Crippen LogP contribution in [0.15, 0.2) is 11.1 Å². The lowest BCUT2D eigenvalue weighted by Gasteiger charge is -2.33. The van der Waals surface area contributed by atoms with E-state index < -0.39 is 0 Å². The Morgan fingerprint density at radius 3 is 2.86 bits per heavy atom. The van der Waals surface area contributed by atoms with Gasteiger partial charge in [-0.25, -0.2) is 0 Å². The molecule has 1 fully saturated rings. The number of hydrogen-bond donors (Lipinski definition) is 1. The van der Waals surface area contributed by atoms with Crippen molar-refractivity contribution in [1.29, 1.82) is 0 Å².